The minimum absolute atomic E-state index is 0.110. The van der Waals surface area contributed by atoms with E-state index in [-0.39, 0.29) is 5.56 Å². The lowest BCUT2D eigenvalue weighted by Gasteiger charge is -2.15. The molecule has 88 valence electrons. The number of pyridine rings is 1. The molecular weight excluding hydrogens is 206 g/mol. The van der Waals surface area contributed by atoms with Crippen molar-refractivity contribution >= 4 is 5.97 Å². The number of rotatable bonds is 4. The number of nitrogens with zero attached hydrogens (tertiary/aromatic N) is 1. The molecule has 0 aliphatic heterocycles. The van der Waals surface area contributed by atoms with E-state index in [0.717, 1.165) is 25.1 Å². The van der Waals surface area contributed by atoms with Gasteiger partial charge in [0, 0.05) is 24.0 Å². The number of carbonyl (C=O) groups is 1. The van der Waals surface area contributed by atoms with E-state index in [2.05, 4.69) is 6.92 Å². The highest BCUT2D eigenvalue weighted by Gasteiger charge is 2.15. The predicted octanol–water partition coefficient (Wildman–Crippen LogP) is 1.96. The molecule has 0 aliphatic carbocycles. The van der Waals surface area contributed by atoms with Crippen LogP contribution in [0.25, 0.3) is 0 Å². The van der Waals surface area contributed by atoms with Crippen molar-refractivity contribution in [3.05, 3.63) is 33.2 Å². The Morgan fingerprint density at radius 3 is 2.56 bits per heavy atom. The molecule has 0 atom stereocenters. The quantitative estimate of drug-likeness (QED) is 0.848. The third kappa shape index (κ3) is 2.32. The van der Waals surface area contributed by atoms with Crippen LogP contribution in [-0.4, -0.2) is 15.6 Å². The minimum atomic E-state index is -1.15. The van der Waals surface area contributed by atoms with Gasteiger partial charge < -0.3 is 9.67 Å². The van der Waals surface area contributed by atoms with E-state index in [1.807, 2.05) is 11.5 Å². The lowest BCUT2D eigenvalue weighted by atomic mass is 10.1. The lowest BCUT2D eigenvalue weighted by molar-refractivity contribution is 0.0693. The van der Waals surface area contributed by atoms with Gasteiger partial charge in [0.05, 0.1) is 0 Å². The first-order valence-electron chi connectivity index (χ1n) is 5.43. The van der Waals surface area contributed by atoms with Gasteiger partial charge in [-0.2, -0.15) is 0 Å². The zero-order chi connectivity index (χ0) is 12.3. The van der Waals surface area contributed by atoms with Crippen molar-refractivity contribution in [3.8, 4) is 0 Å². The monoisotopic (exact) mass is 223 g/mol. The lowest BCUT2D eigenvalue weighted by Crippen LogP contribution is -2.23. The second-order valence-electron chi connectivity index (χ2n) is 3.92. The second kappa shape index (κ2) is 4.96. The van der Waals surface area contributed by atoms with Crippen molar-refractivity contribution in [3.63, 3.8) is 0 Å². The van der Waals surface area contributed by atoms with Crippen LogP contribution < -0.4 is 5.43 Å². The summed E-state index contributed by atoms with van der Waals surface area (Å²) in [4.78, 5) is 22.5. The van der Waals surface area contributed by atoms with Gasteiger partial charge in [-0.3, -0.25) is 4.79 Å². The summed E-state index contributed by atoms with van der Waals surface area (Å²) in [6, 6.07) is 1.39. The van der Waals surface area contributed by atoms with Gasteiger partial charge in [-0.05, 0) is 20.3 Å². The Morgan fingerprint density at radius 2 is 2.06 bits per heavy atom. The van der Waals surface area contributed by atoms with Crippen LogP contribution in [-0.2, 0) is 6.54 Å². The molecule has 1 rings (SSSR count). The molecular formula is C12H17NO3. The summed E-state index contributed by atoms with van der Waals surface area (Å²) in [6.07, 6.45) is 2.01. The Labute approximate surface area is 94.5 Å². The molecule has 0 saturated carbocycles. The molecule has 16 heavy (non-hydrogen) atoms. The summed E-state index contributed by atoms with van der Waals surface area (Å²) in [5.41, 5.74) is 0.851. The molecule has 0 aliphatic rings. The van der Waals surface area contributed by atoms with E-state index >= 15 is 0 Å². The number of hydrogen-bond donors (Lipinski definition) is 1. The Hall–Kier alpha value is -1.58. The van der Waals surface area contributed by atoms with Gasteiger partial charge >= 0.3 is 5.97 Å². The van der Waals surface area contributed by atoms with Crippen LogP contribution in [0.5, 0.6) is 0 Å². The third-order valence-electron chi connectivity index (χ3n) is 2.73. The summed E-state index contributed by atoms with van der Waals surface area (Å²) in [7, 11) is 0. The number of unbranched alkanes of at least 4 members (excludes halogenated alkanes) is 1. The van der Waals surface area contributed by atoms with Gasteiger partial charge in [0.2, 0.25) is 0 Å². The standard InChI is InChI=1S/C12H17NO3/c1-4-5-6-13-8(2)7-10(14)11(9(13)3)12(15)16/h7H,4-6H2,1-3H3,(H,15,16). The van der Waals surface area contributed by atoms with Gasteiger partial charge in [-0.1, -0.05) is 13.3 Å². The summed E-state index contributed by atoms with van der Waals surface area (Å²) in [5.74, 6) is -1.15. The number of carboxylic acid groups (broad SMARTS) is 1. The average molecular weight is 223 g/mol. The molecule has 0 amide bonds. The summed E-state index contributed by atoms with van der Waals surface area (Å²) < 4.78 is 1.90. The van der Waals surface area contributed by atoms with E-state index in [1.54, 1.807) is 6.92 Å². The zero-order valence-electron chi connectivity index (χ0n) is 9.91. The first-order valence-corrected chi connectivity index (χ1v) is 5.43. The molecule has 4 nitrogen and oxygen atoms in total. The first-order chi connectivity index (χ1) is 7.49. The van der Waals surface area contributed by atoms with Crippen molar-refractivity contribution in [2.45, 2.75) is 40.2 Å². The number of aromatic carboxylic acids is 1. The van der Waals surface area contributed by atoms with E-state index in [9.17, 15) is 9.59 Å². The maximum Gasteiger partial charge on any atom is 0.341 e. The van der Waals surface area contributed by atoms with E-state index in [1.165, 1.54) is 6.07 Å². The van der Waals surface area contributed by atoms with Crippen molar-refractivity contribution in [2.24, 2.45) is 0 Å². The third-order valence-corrected chi connectivity index (χ3v) is 2.73. The smallest absolute Gasteiger partial charge is 0.341 e. The summed E-state index contributed by atoms with van der Waals surface area (Å²) in [5, 5.41) is 8.97. The topological polar surface area (TPSA) is 59.3 Å². The molecule has 0 spiro atoms. The molecule has 4 heteroatoms. The van der Waals surface area contributed by atoms with Crippen LogP contribution in [0.15, 0.2) is 10.9 Å². The summed E-state index contributed by atoms with van der Waals surface area (Å²) >= 11 is 0. The van der Waals surface area contributed by atoms with Crippen molar-refractivity contribution in [1.29, 1.82) is 0 Å². The normalized spacial score (nSPS) is 10.4. The van der Waals surface area contributed by atoms with Crippen LogP contribution in [0, 0.1) is 13.8 Å². The van der Waals surface area contributed by atoms with Crippen LogP contribution >= 0.6 is 0 Å². The van der Waals surface area contributed by atoms with Crippen LogP contribution in [0.2, 0.25) is 0 Å². The Kier molecular flexibility index (Phi) is 3.88. The zero-order valence-corrected chi connectivity index (χ0v) is 9.91. The molecule has 0 radical (unpaired) electrons. The molecule has 1 aromatic rings. The Morgan fingerprint density at radius 1 is 1.44 bits per heavy atom. The maximum atomic E-state index is 11.5. The average Bonchev–Trinajstić information content (AvgIpc) is 2.16. The van der Waals surface area contributed by atoms with Gasteiger partial charge in [0.25, 0.3) is 0 Å². The van der Waals surface area contributed by atoms with Gasteiger partial charge in [0.1, 0.15) is 5.56 Å². The molecule has 1 N–H and O–H groups in total. The number of aryl methyl sites for hydroxylation is 1. The van der Waals surface area contributed by atoms with E-state index in [0.29, 0.717) is 5.69 Å². The van der Waals surface area contributed by atoms with Crippen molar-refractivity contribution in [2.75, 3.05) is 0 Å². The van der Waals surface area contributed by atoms with Crippen LogP contribution in [0.1, 0.15) is 41.5 Å². The minimum Gasteiger partial charge on any atom is -0.477 e. The molecule has 0 bridgehead atoms. The predicted molar refractivity (Wildman–Crippen MR) is 62.0 cm³/mol. The van der Waals surface area contributed by atoms with Crippen LogP contribution in [0.4, 0.5) is 0 Å². The second-order valence-corrected chi connectivity index (χ2v) is 3.92. The fraction of sp³-hybridized carbons (Fsp3) is 0.500. The largest absolute Gasteiger partial charge is 0.477 e. The fourth-order valence-electron chi connectivity index (χ4n) is 1.84. The number of hydrogen-bond acceptors (Lipinski definition) is 2. The van der Waals surface area contributed by atoms with E-state index < -0.39 is 11.4 Å². The molecule has 0 unspecified atom stereocenters. The Bertz CT molecular complexity index is 460. The summed E-state index contributed by atoms with van der Waals surface area (Å²) in [6.45, 7) is 6.35. The highest BCUT2D eigenvalue weighted by molar-refractivity contribution is 5.88. The molecule has 0 aromatic carbocycles. The van der Waals surface area contributed by atoms with Crippen LogP contribution in [0.3, 0.4) is 0 Å². The van der Waals surface area contributed by atoms with Gasteiger partial charge in [0.15, 0.2) is 5.43 Å². The number of carboxylic acids is 1. The van der Waals surface area contributed by atoms with E-state index in [4.69, 9.17) is 5.11 Å². The molecule has 1 heterocycles. The first kappa shape index (κ1) is 12.5. The molecule has 1 aromatic heterocycles. The Balaban J connectivity index is 3.33. The highest BCUT2D eigenvalue weighted by atomic mass is 16.4. The maximum absolute atomic E-state index is 11.5. The SMILES string of the molecule is CCCCn1c(C)cc(=O)c(C(=O)O)c1C. The highest BCUT2D eigenvalue weighted by Crippen LogP contribution is 2.09. The van der Waals surface area contributed by atoms with Gasteiger partial charge in [-0.15, -0.1) is 0 Å². The van der Waals surface area contributed by atoms with Crippen molar-refractivity contribution < 1.29 is 9.90 Å². The van der Waals surface area contributed by atoms with Crippen molar-refractivity contribution in [1.82, 2.24) is 4.57 Å². The number of aromatic nitrogens is 1. The molecule has 0 fully saturated rings. The fourth-order valence-corrected chi connectivity index (χ4v) is 1.84. The van der Waals surface area contributed by atoms with Gasteiger partial charge in [-0.25, -0.2) is 4.79 Å². The molecule has 0 saturated heterocycles.